The van der Waals surface area contributed by atoms with Crippen LogP contribution in [0.5, 0.6) is 0 Å². The highest BCUT2D eigenvalue weighted by Crippen LogP contribution is 2.34. The lowest BCUT2D eigenvalue weighted by Crippen LogP contribution is -2.61. The second-order valence-electron chi connectivity index (χ2n) is 9.41. The third-order valence-electron chi connectivity index (χ3n) is 5.91. The van der Waals surface area contributed by atoms with Crippen LogP contribution < -0.4 is 20.9 Å². The minimum absolute atomic E-state index is 0.0678. The lowest BCUT2D eigenvalue weighted by molar-refractivity contribution is -0.142. The number of carboxylic acids is 1. The van der Waals surface area contributed by atoms with Crippen molar-refractivity contribution in [2.75, 3.05) is 10.2 Å². The van der Waals surface area contributed by atoms with Crippen molar-refractivity contribution in [3.8, 4) is 0 Å². The first-order valence-corrected chi connectivity index (χ1v) is 11.5. The summed E-state index contributed by atoms with van der Waals surface area (Å²) in [7, 11) is 0. The van der Waals surface area contributed by atoms with Gasteiger partial charge in [0.15, 0.2) is 0 Å². The molecule has 182 valence electrons. The van der Waals surface area contributed by atoms with Gasteiger partial charge >= 0.3 is 12.0 Å². The van der Waals surface area contributed by atoms with Crippen molar-refractivity contribution in [3.05, 3.63) is 24.3 Å². The maximum Gasteiger partial charge on any atom is 0.326 e. The molecule has 4 atom stereocenters. The highest BCUT2D eigenvalue weighted by Gasteiger charge is 2.40. The minimum Gasteiger partial charge on any atom is -0.480 e. The quantitative estimate of drug-likeness (QED) is 0.450. The van der Waals surface area contributed by atoms with Crippen LogP contribution in [0.1, 0.15) is 54.4 Å². The van der Waals surface area contributed by atoms with Crippen LogP contribution in [0.4, 0.5) is 16.2 Å². The molecule has 1 aliphatic heterocycles. The molecule has 1 aromatic rings. The van der Waals surface area contributed by atoms with Gasteiger partial charge in [-0.2, -0.15) is 0 Å². The van der Waals surface area contributed by atoms with E-state index in [1.165, 1.54) is 4.90 Å². The molecular formula is C24H36N4O5. The number of fused-ring (bicyclic) bond motifs is 1. The first-order chi connectivity index (χ1) is 15.5. The molecule has 0 aliphatic carbocycles. The molecular weight excluding hydrogens is 424 g/mol. The Morgan fingerprint density at radius 1 is 1.09 bits per heavy atom. The molecule has 0 bridgehead atoms. The summed E-state index contributed by atoms with van der Waals surface area (Å²) in [5.74, 6) is -2.34. The Hall–Kier alpha value is -3.10. The van der Waals surface area contributed by atoms with Crippen LogP contribution in [0.25, 0.3) is 0 Å². The molecule has 0 spiro atoms. The number of amides is 4. The molecule has 1 aliphatic rings. The first kappa shape index (κ1) is 26.2. The third kappa shape index (κ3) is 6.24. The summed E-state index contributed by atoms with van der Waals surface area (Å²) >= 11 is 0. The minimum atomic E-state index is -1.12. The number of carbonyl (C=O) groups is 4. The molecule has 0 radical (unpaired) electrons. The van der Waals surface area contributed by atoms with E-state index in [9.17, 15) is 24.3 Å². The molecule has 0 saturated carbocycles. The van der Waals surface area contributed by atoms with Crippen molar-refractivity contribution in [1.82, 2.24) is 10.6 Å². The number of para-hydroxylation sites is 2. The van der Waals surface area contributed by atoms with Crippen LogP contribution in [0.2, 0.25) is 0 Å². The van der Waals surface area contributed by atoms with Crippen molar-refractivity contribution < 1.29 is 24.3 Å². The standard InChI is InChI=1S/C24H36N4O5/c1-7-15(6)19(21(29)26-17(23(31)32)12-13(2)3)27-24(33)28-18-11-9-8-10-16(18)25-22(30)20(28)14(4)5/h8-11,13-15,17,19-20H,7,12H2,1-6H3,(H,25,30)(H,26,29)(H,27,33)(H,31,32)/t15-,17-,19+,20-/m0/s1. The van der Waals surface area contributed by atoms with Crippen molar-refractivity contribution in [2.45, 2.75) is 72.5 Å². The number of carbonyl (C=O) groups excluding carboxylic acids is 3. The monoisotopic (exact) mass is 460 g/mol. The third-order valence-corrected chi connectivity index (χ3v) is 5.91. The molecule has 0 saturated heterocycles. The van der Waals surface area contributed by atoms with Gasteiger partial charge in [-0.3, -0.25) is 14.5 Å². The average Bonchev–Trinajstić information content (AvgIpc) is 2.74. The zero-order valence-electron chi connectivity index (χ0n) is 20.2. The van der Waals surface area contributed by atoms with Crippen molar-refractivity contribution in [3.63, 3.8) is 0 Å². The number of aliphatic carboxylic acids is 1. The number of carboxylic acid groups (broad SMARTS) is 1. The predicted molar refractivity (Wildman–Crippen MR) is 127 cm³/mol. The Bertz CT molecular complexity index is 885. The van der Waals surface area contributed by atoms with E-state index in [-0.39, 0.29) is 30.1 Å². The van der Waals surface area contributed by atoms with Gasteiger partial charge in [0.05, 0.1) is 11.4 Å². The highest BCUT2D eigenvalue weighted by atomic mass is 16.4. The number of benzene rings is 1. The van der Waals surface area contributed by atoms with Gasteiger partial charge in [0.1, 0.15) is 18.1 Å². The Kier molecular flexibility index (Phi) is 8.84. The molecule has 4 N–H and O–H groups in total. The van der Waals surface area contributed by atoms with Crippen LogP contribution >= 0.6 is 0 Å². The Balaban J connectivity index is 2.34. The van der Waals surface area contributed by atoms with E-state index in [0.29, 0.717) is 17.8 Å². The number of hydrogen-bond donors (Lipinski definition) is 4. The fraction of sp³-hybridized carbons (Fsp3) is 0.583. The lowest BCUT2D eigenvalue weighted by atomic mass is 9.96. The Labute approximate surface area is 195 Å². The molecule has 1 aromatic carbocycles. The summed E-state index contributed by atoms with van der Waals surface area (Å²) in [4.78, 5) is 52.4. The SMILES string of the molecule is CC[C@H](C)[C@@H](NC(=O)N1c2ccccc2NC(=O)[C@@H]1C(C)C)C(=O)N[C@@H](CC(C)C)C(=O)O. The number of nitrogens with zero attached hydrogens (tertiary/aromatic N) is 1. The van der Waals surface area contributed by atoms with Gasteiger partial charge in [-0.15, -0.1) is 0 Å². The van der Waals surface area contributed by atoms with Crippen LogP contribution in [-0.2, 0) is 14.4 Å². The molecule has 9 nitrogen and oxygen atoms in total. The maximum atomic E-state index is 13.5. The molecule has 1 heterocycles. The fourth-order valence-electron chi connectivity index (χ4n) is 3.96. The summed E-state index contributed by atoms with van der Waals surface area (Å²) in [6.07, 6.45) is 0.863. The highest BCUT2D eigenvalue weighted by molar-refractivity contribution is 6.12. The van der Waals surface area contributed by atoms with E-state index in [1.807, 2.05) is 41.5 Å². The van der Waals surface area contributed by atoms with E-state index < -0.39 is 36.0 Å². The van der Waals surface area contributed by atoms with Crippen molar-refractivity contribution in [1.29, 1.82) is 0 Å². The van der Waals surface area contributed by atoms with E-state index in [2.05, 4.69) is 16.0 Å². The maximum absolute atomic E-state index is 13.5. The topological polar surface area (TPSA) is 128 Å². The molecule has 33 heavy (non-hydrogen) atoms. The van der Waals surface area contributed by atoms with E-state index in [0.717, 1.165) is 0 Å². The lowest BCUT2D eigenvalue weighted by Gasteiger charge is -2.39. The smallest absolute Gasteiger partial charge is 0.326 e. The second kappa shape index (κ2) is 11.2. The zero-order chi connectivity index (χ0) is 24.9. The van der Waals surface area contributed by atoms with Gasteiger partial charge in [0.25, 0.3) is 0 Å². The summed E-state index contributed by atoms with van der Waals surface area (Å²) in [6, 6.07) is 3.65. The molecule has 0 fully saturated rings. The van der Waals surface area contributed by atoms with Crippen LogP contribution in [0.3, 0.4) is 0 Å². The van der Waals surface area contributed by atoms with Crippen LogP contribution in [0.15, 0.2) is 24.3 Å². The van der Waals surface area contributed by atoms with Gasteiger partial charge in [0, 0.05) is 0 Å². The number of urea groups is 1. The van der Waals surface area contributed by atoms with E-state index in [4.69, 9.17) is 0 Å². The summed E-state index contributed by atoms with van der Waals surface area (Å²) < 4.78 is 0. The van der Waals surface area contributed by atoms with Crippen LogP contribution in [0, 0.1) is 17.8 Å². The van der Waals surface area contributed by atoms with E-state index >= 15 is 0 Å². The largest absolute Gasteiger partial charge is 0.480 e. The zero-order valence-corrected chi connectivity index (χ0v) is 20.2. The van der Waals surface area contributed by atoms with Crippen molar-refractivity contribution in [2.24, 2.45) is 17.8 Å². The molecule has 0 unspecified atom stereocenters. The number of hydrogen-bond acceptors (Lipinski definition) is 4. The summed E-state index contributed by atoms with van der Waals surface area (Å²) in [5.41, 5.74) is 1.06. The Morgan fingerprint density at radius 2 is 1.73 bits per heavy atom. The number of nitrogens with one attached hydrogen (secondary N) is 3. The molecule has 4 amide bonds. The molecule has 0 aromatic heterocycles. The van der Waals surface area contributed by atoms with Gasteiger partial charge in [-0.05, 0) is 36.3 Å². The first-order valence-electron chi connectivity index (χ1n) is 11.5. The van der Waals surface area contributed by atoms with Gasteiger partial charge in [-0.1, -0.05) is 60.1 Å². The average molecular weight is 461 g/mol. The molecule has 9 heteroatoms. The predicted octanol–water partition coefficient (Wildman–Crippen LogP) is 3.21. The fourth-order valence-corrected chi connectivity index (χ4v) is 3.96. The van der Waals surface area contributed by atoms with Gasteiger partial charge in [-0.25, -0.2) is 9.59 Å². The van der Waals surface area contributed by atoms with E-state index in [1.54, 1.807) is 24.3 Å². The second-order valence-corrected chi connectivity index (χ2v) is 9.41. The van der Waals surface area contributed by atoms with Gasteiger partial charge in [0.2, 0.25) is 11.8 Å². The summed E-state index contributed by atoms with van der Waals surface area (Å²) in [5, 5.41) is 17.7. The normalized spacial score (nSPS) is 18.2. The van der Waals surface area contributed by atoms with Crippen LogP contribution in [-0.4, -0.2) is 47.0 Å². The summed E-state index contributed by atoms with van der Waals surface area (Å²) in [6.45, 7) is 11.2. The number of rotatable bonds is 9. The van der Waals surface area contributed by atoms with Gasteiger partial charge < -0.3 is 21.1 Å². The number of anilines is 2. The molecule has 2 rings (SSSR count). The van der Waals surface area contributed by atoms with Crippen molar-refractivity contribution >= 4 is 35.2 Å². The Morgan fingerprint density at radius 3 is 2.27 bits per heavy atom.